The molecule has 0 atom stereocenters. The number of aromatic amines is 1. The van der Waals surface area contributed by atoms with E-state index in [1.165, 1.54) is 18.2 Å². The van der Waals surface area contributed by atoms with E-state index in [4.69, 9.17) is 16.7 Å². The van der Waals surface area contributed by atoms with Crippen LogP contribution in [0, 0.1) is 5.82 Å². The Balaban J connectivity index is 2.16. The van der Waals surface area contributed by atoms with Gasteiger partial charge in [0.15, 0.2) is 0 Å². The Kier molecular flexibility index (Phi) is 4.08. The molecule has 0 aliphatic carbocycles. The second-order valence-corrected chi connectivity index (χ2v) is 5.63. The van der Waals surface area contributed by atoms with Gasteiger partial charge < -0.3 is 15.4 Å². The van der Waals surface area contributed by atoms with Gasteiger partial charge in [-0.05, 0) is 36.4 Å². The minimum absolute atomic E-state index is 0.00272. The number of carboxylic acids is 1. The zero-order valence-electron chi connectivity index (χ0n) is 12.2. The summed E-state index contributed by atoms with van der Waals surface area (Å²) in [6.45, 7) is 0. The minimum atomic E-state index is -4.63. The summed E-state index contributed by atoms with van der Waals surface area (Å²) in [7, 11) is 0. The highest BCUT2D eigenvalue weighted by molar-refractivity contribution is 6.31. The third kappa shape index (κ3) is 3.39. The molecule has 0 amide bonds. The SMILES string of the molecule is O=C(O)c1cc2c(Nc3ccc(F)c(Cl)c3)cc(C(F)(F)F)cc2[nH]1. The van der Waals surface area contributed by atoms with Gasteiger partial charge in [0.1, 0.15) is 11.5 Å². The molecule has 0 unspecified atom stereocenters. The van der Waals surface area contributed by atoms with Crippen molar-refractivity contribution in [2.45, 2.75) is 6.18 Å². The number of aromatic nitrogens is 1. The van der Waals surface area contributed by atoms with Gasteiger partial charge in [0.2, 0.25) is 0 Å². The van der Waals surface area contributed by atoms with Gasteiger partial charge in [-0.3, -0.25) is 0 Å². The minimum Gasteiger partial charge on any atom is -0.477 e. The van der Waals surface area contributed by atoms with Crippen LogP contribution >= 0.6 is 11.6 Å². The second-order valence-electron chi connectivity index (χ2n) is 5.22. The molecule has 0 saturated heterocycles. The van der Waals surface area contributed by atoms with Crippen molar-refractivity contribution in [2.24, 2.45) is 0 Å². The average Bonchev–Trinajstić information content (AvgIpc) is 2.95. The van der Waals surface area contributed by atoms with Crippen LogP contribution in [-0.2, 0) is 6.18 Å². The first kappa shape index (κ1) is 17.1. The maximum Gasteiger partial charge on any atom is 0.416 e. The van der Waals surface area contributed by atoms with Crippen LogP contribution in [0.5, 0.6) is 0 Å². The second kappa shape index (κ2) is 5.96. The van der Waals surface area contributed by atoms with E-state index in [0.29, 0.717) is 0 Å². The Labute approximate surface area is 143 Å². The smallest absolute Gasteiger partial charge is 0.416 e. The first-order valence-corrected chi connectivity index (χ1v) is 7.22. The van der Waals surface area contributed by atoms with Crippen molar-refractivity contribution in [1.29, 1.82) is 0 Å². The van der Waals surface area contributed by atoms with Crippen LogP contribution < -0.4 is 5.32 Å². The van der Waals surface area contributed by atoms with Crippen molar-refractivity contribution in [3.05, 3.63) is 58.5 Å². The van der Waals surface area contributed by atoms with E-state index in [1.807, 2.05) is 0 Å². The van der Waals surface area contributed by atoms with Crippen LogP contribution in [0.15, 0.2) is 36.4 Å². The van der Waals surface area contributed by atoms with Crippen LogP contribution in [0.25, 0.3) is 10.9 Å². The molecule has 1 aromatic heterocycles. The topological polar surface area (TPSA) is 65.1 Å². The van der Waals surface area contributed by atoms with E-state index in [2.05, 4.69) is 10.3 Å². The molecule has 0 radical (unpaired) electrons. The molecule has 0 saturated carbocycles. The number of carbonyl (C=O) groups is 1. The van der Waals surface area contributed by atoms with Crippen molar-refractivity contribution in [2.75, 3.05) is 5.32 Å². The van der Waals surface area contributed by atoms with Crippen LogP contribution in [0.4, 0.5) is 28.9 Å². The fourth-order valence-corrected chi connectivity index (χ4v) is 2.53. The van der Waals surface area contributed by atoms with E-state index in [-0.39, 0.29) is 33.0 Å². The summed E-state index contributed by atoms with van der Waals surface area (Å²) in [4.78, 5) is 13.5. The lowest BCUT2D eigenvalue weighted by Crippen LogP contribution is -2.05. The zero-order chi connectivity index (χ0) is 18.4. The van der Waals surface area contributed by atoms with Crippen LogP contribution in [0.3, 0.4) is 0 Å². The summed E-state index contributed by atoms with van der Waals surface area (Å²) in [5.74, 6) is -1.98. The Hall–Kier alpha value is -2.74. The Morgan fingerprint density at radius 3 is 2.48 bits per heavy atom. The van der Waals surface area contributed by atoms with Gasteiger partial charge in [0.25, 0.3) is 0 Å². The highest BCUT2D eigenvalue weighted by Crippen LogP contribution is 2.37. The monoisotopic (exact) mass is 372 g/mol. The number of rotatable bonds is 3. The Morgan fingerprint density at radius 1 is 1.16 bits per heavy atom. The highest BCUT2D eigenvalue weighted by atomic mass is 35.5. The normalized spacial score (nSPS) is 11.7. The number of anilines is 2. The van der Waals surface area contributed by atoms with Crippen LogP contribution in [-0.4, -0.2) is 16.1 Å². The molecule has 9 heteroatoms. The van der Waals surface area contributed by atoms with E-state index >= 15 is 0 Å². The van der Waals surface area contributed by atoms with Crippen molar-refractivity contribution in [3.63, 3.8) is 0 Å². The number of fused-ring (bicyclic) bond motifs is 1. The average molecular weight is 373 g/mol. The maximum absolute atomic E-state index is 13.2. The zero-order valence-corrected chi connectivity index (χ0v) is 13.0. The summed E-state index contributed by atoms with van der Waals surface area (Å²) in [5.41, 5.74) is -0.951. The molecule has 0 spiro atoms. The van der Waals surface area contributed by atoms with Gasteiger partial charge in [0.05, 0.1) is 10.6 Å². The molecule has 0 bridgehead atoms. The van der Waals surface area contributed by atoms with Gasteiger partial charge in [-0.1, -0.05) is 11.6 Å². The molecular weight excluding hydrogens is 364 g/mol. The number of alkyl halides is 3. The molecule has 0 fully saturated rings. The molecule has 4 nitrogen and oxygen atoms in total. The summed E-state index contributed by atoms with van der Waals surface area (Å²) in [5, 5.41) is 11.8. The number of hydrogen-bond acceptors (Lipinski definition) is 2. The predicted molar refractivity (Wildman–Crippen MR) is 85.0 cm³/mol. The molecule has 3 N–H and O–H groups in total. The number of H-pyrrole nitrogens is 1. The standard InChI is InChI=1S/C16H9ClF4N2O2/c17-10-5-8(1-2-11(10)18)22-12-3-7(16(19,20)21)4-13-9(12)6-14(23-13)15(24)25/h1-6,22-23H,(H,24,25). The number of halogens is 5. The van der Waals surface area contributed by atoms with Gasteiger partial charge in [-0.2, -0.15) is 13.2 Å². The predicted octanol–water partition coefficient (Wildman–Crippen LogP) is 5.42. The number of hydrogen-bond donors (Lipinski definition) is 3. The van der Waals surface area contributed by atoms with Gasteiger partial charge in [-0.15, -0.1) is 0 Å². The first-order valence-electron chi connectivity index (χ1n) is 6.84. The van der Waals surface area contributed by atoms with Crippen molar-refractivity contribution in [1.82, 2.24) is 4.98 Å². The number of aromatic carboxylic acids is 1. The quantitative estimate of drug-likeness (QED) is 0.538. The van der Waals surface area contributed by atoms with E-state index < -0.39 is 23.5 Å². The lowest BCUT2D eigenvalue weighted by atomic mass is 10.1. The Morgan fingerprint density at radius 2 is 1.88 bits per heavy atom. The van der Waals surface area contributed by atoms with Gasteiger partial charge in [-0.25, -0.2) is 9.18 Å². The largest absolute Gasteiger partial charge is 0.477 e. The molecule has 130 valence electrons. The molecular formula is C16H9ClF4N2O2. The molecule has 25 heavy (non-hydrogen) atoms. The van der Waals surface area contributed by atoms with Crippen LogP contribution in [0.2, 0.25) is 5.02 Å². The van der Waals surface area contributed by atoms with Crippen molar-refractivity contribution < 1.29 is 27.5 Å². The van der Waals surface area contributed by atoms with E-state index in [1.54, 1.807) is 0 Å². The number of nitrogens with one attached hydrogen (secondary N) is 2. The molecule has 3 aromatic rings. The van der Waals surface area contributed by atoms with E-state index in [0.717, 1.165) is 18.2 Å². The number of benzene rings is 2. The van der Waals surface area contributed by atoms with Gasteiger partial charge >= 0.3 is 12.1 Å². The summed E-state index contributed by atoms with van der Waals surface area (Å²) in [6, 6.07) is 6.47. The molecule has 3 rings (SSSR count). The fraction of sp³-hybridized carbons (Fsp3) is 0.0625. The summed E-state index contributed by atoms with van der Waals surface area (Å²) < 4.78 is 52.5. The highest BCUT2D eigenvalue weighted by Gasteiger charge is 2.32. The Bertz CT molecular complexity index is 982. The first-order chi connectivity index (χ1) is 11.6. The third-order valence-corrected chi connectivity index (χ3v) is 3.78. The summed E-state index contributed by atoms with van der Waals surface area (Å²) >= 11 is 5.67. The molecule has 0 aliphatic heterocycles. The van der Waals surface area contributed by atoms with Crippen molar-refractivity contribution >= 4 is 39.8 Å². The number of carboxylic acid groups (broad SMARTS) is 1. The molecule has 0 aliphatic rings. The molecule has 1 heterocycles. The third-order valence-electron chi connectivity index (χ3n) is 3.49. The van der Waals surface area contributed by atoms with E-state index in [9.17, 15) is 22.4 Å². The maximum atomic E-state index is 13.2. The molecule has 2 aromatic carbocycles. The van der Waals surface area contributed by atoms with Gasteiger partial charge in [0, 0.05) is 22.3 Å². The van der Waals surface area contributed by atoms with Crippen molar-refractivity contribution in [3.8, 4) is 0 Å². The lowest BCUT2D eigenvalue weighted by molar-refractivity contribution is -0.137. The fourth-order valence-electron chi connectivity index (χ4n) is 2.35. The summed E-state index contributed by atoms with van der Waals surface area (Å²) in [6.07, 6.45) is -4.63. The lowest BCUT2D eigenvalue weighted by Gasteiger charge is -2.13. The van der Waals surface area contributed by atoms with Crippen LogP contribution in [0.1, 0.15) is 16.1 Å².